The van der Waals surface area contributed by atoms with Crippen molar-refractivity contribution in [1.29, 1.82) is 0 Å². The maximum atomic E-state index is 12.4. The van der Waals surface area contributed by atoms with Crippen molar-refractivity contribution in [2.75, 3.05) is 18.5 Å². The van der Waals surface area contributed by atoms with Crippen molar-refractivity contribution in [3.8, 4) is 5.88 Å². The highest BCUT2D eigenvalue weighted by Crippen LogP contribution is 2.26. The number of hydrogen-bond acceptors (Lipinski definition) is 6. The quantitative estimate of drug-likeness (QED) is 0.451. The van der Waals surface area contributed by atoms with E-state index in [0.717, 1.165) is 5.52 Å². The van der Waals surface area contributed by atoms with Gasteiger partial charge in [0.05, 0.1) is 23.5 Å². The van der Waals surface area contributed by atoms with Gasteiger partial charge in [0.25, 0.3) is 11.5 Å². The van der Waals surface area contributed by atoms with Gasteiger partial charge in [-0.2, -0.15) is 0 Å². The van der Waals surface area contributed by atoms with Crippen molar-refractivity contribution in [2.45, 2.75) is 50.8 Å². The Hall–Kier alpha value is -2.72. The molecule has 1 aliphatic carbocycles. The minimum atomic E-state index is -3.53. The summed E-state index contributed by atoms with van der Waals surface area (Å²) in [5.41, 5.74) is 1.97. The van der Waals surface area contributed by atoms with E-state index in [0.29, 0.717) is 42.2 Å². The number of benzene rings is 1. The van der Waals surface area contributed by atoms with E-state index < -0.39 is 10.0 Å². The summed E-state index contributed by atoms with van der Waals surface area (Å²) in [5.74, 6) is 1.87. The number of nitrogens with one attached hydrogen (secondary N) is 4. The van der Waals surface area contributed by atoms with Crippen LogP contribution in [0.2, 0.25) is 0 Å². The molecule has 4 N–H and O–H groups in total. The van der Waals surface area contributed by atoms with Gasteiger partial charge in [0.15, 0.2) is 5.52 Å². The van der Waals surface area contributed by atoms with Crippen molar-refractivity contribution < 1.29 is 18.1 Å². The first-order chi connectivity index (χ1) is 15.4. The van der Waals surface area contributed by atoms with E-state index in [1.165, 1.54) is 32.1 Å². The number of rotatable bonds is 9. The van der Waals surface area contributed by atoms with E-state index in [2.05, 4.69) is 30.0 Å². The molecule has 0 atom stereocenters. The number of ether oxygens (including phenoxy) is 1. The first-order valence-corrected chi connectivity index (χ1v) is 12.6. The molecule has 0 bridgehead atoms. The highest BCUT2D eigenvalue weighted by atomic mass is 32.2. The molecule has 2 heterocycles. The predicted molar refractivity (Wildman–Crippen MR) is 122 cm³/mol. The molecule has 4 rings (SSSR count). The molecule has 2 aromatic heterocycles. The monoisotopic (exact) mass is 459 g/mol. The van der Waals surface area contributed by atoms with Crippen molar-refractivity contribution in [2.24, 2.45) is 11.8 Å². The molecular formula is C22H31N6O3S+. The van der Waals surface area contributed by atoms with Crippen LogP contribution in [0.4, 0.5) is 11.6 Å². The maximum absolute atomic E-state index is 12.4. The zero-order valence-corrected chi connectivity index (χ0v) is 19.3. The zero-order chi connectivity index (χ0) is 22.6. The van der Waals surface area contributed by atoms with Crippen molar-refractivity contribution in [1.82, 2.24) is 19.7 Å². The fraction of sp³-hybridized carbons (Fsp3) is 0.500. The molecule has 0 amide bonds. The average molecular weight is 460 g/mol. The lowest BCUT2D eigenvalue weighted by molar-refractivity contribution is -0.380. The summed E-state index contributed by atoms with van der Waals surface area (Å²) in [6.45, 7) is 4.98. The molecular weight excluding hydrogens is 428 g/mol. The summed E-state index contributed by atoms with van der Waals surface area (Å²) in [5, 5.41) is 3.18. The van der Waals surface area contributed by atoms with E-state index in [4.69, 9.17) is 4.74 Å². The Balaban J connectivity index is 1.48. The Morgan fingerprint density at radius 1 is 1.19 bits per heavy atom. The predicted octanol–water partition coefficient (Wildman–Crippen LogP) is 3.41. The van der Waals surface area contributed by atoms with Gasteiger partial charge in [-0.25, -0.2) is 28.4 Å². The summed E-state index contributed by atoms with van der Waals surface area (Å²) < 4.78 is 33.5. The average Bonchev–Trinajstić information content (AvgIpc) is 3.26. The third-order valence-electron chi connectivity index (χ3n) is 5.59. The minimum absolute atomic E-state index is 0.222. The largest absolute Gasteiger partial charge is 0.466 e. The van der Waals surface area contributed by atoms with Crippen molar-refractivity contribution >= 4 is 32.8 Å². The normalized spacial score (nSPS) is 15.3. The number of imidazole rings is 1. The molecule has 0 aliphatic heterocycles. The van der Waals surface area contributed by atoms with Crippen LogP contribution in [0.5, 0.6) is 5.88 Å². The number of aromatic amines is 2. The van der Waals surface area contributed by atoms with E-state index in [1.807, 2.05) is 13.8 Å². The summed E-state index contributed by atoms with van der Waals surface area (Å²) in [6.07, 6.45) is 7.82. The molecule has 0 spiro atoms. The van der Waals surface area contributed by atoms with Gasteiger partial charge in [-0.15, -0.1) is 0 Å². The van der Waals surface area contributed by atoms with Crippen LogP contribution in [0.25, 0.3) is 11.2 Å². The lowest BCUT2D eigenvalue weighted by Gasteiger charge is -2.21. The van der Waals surface area contributed by atoms with Gasteiger partial charge in [0.1, 0.15) is 0 Å². The number of anilines is 2. The Morgan fingerprint density at radius 2 is 1.94 bits per heavy atom. The fourth-order valence-corrected chi connectivity index (χ4v) is 4.99. The third-order valence-corrected chi connectivity index (χ3v) is 7.03. The molecule has 3 aromatic rings. The van der Waals surface area contributed by atoms with Crippen LogP contribution in [0.15, 0.2) is 35.5 Å². The molecule has 0 saturated heterocycles. The van der Waals surface area contributed by atoms with Crippen molar-refractivity contribution in [3.63, 3.8) is 0 Å². The second-order valence-corrected chi connectivity index (χ2v) is 10.5. The smallest absolute Gasteiger partial charge is 0.399 e. The number of nitrogens with zero attached hydrogens (tertiary/aromatic N) is 2. The topological polar surface area (TPSA) is 123 Å². The van der Waals surface area contributed by atoms with Gasteiger partial charge in [-0.05, 0) is 53.9 Å². The molecule has 10 heteroatoms. The SMILES string of the molecule is CC(C)CNS(=O)(=O)c1ccc(Nc2nc3nc[nH]c3c(OCC3CCCCC3)[nH+]2)cc1. The van der Waals surface area contributed by atoms with Crippen LogP contribution in [0.3, 0.4) is 0 Å². The first-order valence-electron chi connectivity index (χ1n) is 11.2. The minimum Gasteiger partial charge on any atom is -0.466 e. The van der Waals surface area contributed by atoms with Crippen LogP contribution in [0.1, 0.15) is 46.0 Å². The number of fused-ring (bicyclic) bond motifs is 1. The highest BCUT2D eigenvalue weighted by Gasteiger charge is 2.21. The van der Waals surface area contributed by atoms with Crippen LogP contribution in [-0.4, -0.2) is 36.5 Å². The lowest BCUT2D eigenvalue weighted by atomic mass is 9.90. The Labute approximate surface area is 188 Å². The summed E-state index contributed by atoms with van der Waals surface area (Å²) in [7, 11) is -3.53. The molecule has 1 fully saturated rings. The Morgan fingerprint density at radius 3 is 2.66 bits per heavy atom. The maximum Gasteiger partial charge on any atom is 0.399 e. The Bertz CT molecular complexity index is 1140. The van der Waals surface area contributed by atoms with Gasteiger partial charge >= 0.3 is 5.95 Å². The molecule has 9 nitrogen and oxygen atoms in total. The second kappa shape index (κ2) is 9.83. The Kier molecular flexibility index (Phi) is 6.90. The number of aromatic nitrogens is 4. The zero-order valence-electron chi connectivity index (χ0n) is 18.5. The molecule has 1 aromatic carbocycles. The lowest BCUT2D eigenvalue weighted by Crippen LogP contribution is -2.27. The summed E-state index contributed by atoms with van der Waals surface area (Å²) >= 11 is 0. The van der Waals surface area contributed by atoms with Gasteiger partial charge in [0.2, 0.25) is 10.0 Å². The molecule has 1 aliphatic rings. The number of hydrogen-bond donors (Lipinski definition) is 3. The van der Waals surface area contributed by atoms with Crippen LogP contribution >= 0.6 is 0 Å². The van der Waals surface area contributed by atoms with Gasteiger partial charge < -0.3 is 9.72 Å². The standard InChI is InChI=1S/C22H30N6O3S/c1-15(2)12-25-32(29,30)18-10-8-17(9-11-18)26-22-27-20-19(23-14-24-20)21(28-22)31-13-16-6-4-3-5-7-16/h8-11,14-16,25H,3-7,12-13H2,1-2H3,(H2,23,24,26,27,28)/p+1. The fourth-order valence-electron chi connectivity index (χ4n) is 3.78. The first kappa shape index (κ1) is 22.5. The summed E-state index contributed by atoms with van der Waals surface area (Å²) in [6, 6.07) is 6.55. The number of H-pyrrole nitrogens is 2. The molecule has 1 saturated carbocycles. The van der Waals surface area contributed by atoms with Crippen LogP contribution < -0.4 is 19.8 Å². The van der Waals surface area contributed by atoms with Crippen LogP contribution in [0, 0.1) is 11.8 Å². The van der Waals surface area contributed by atoms with E-state index in [-0.39, 0.29) is 10.8 Å². The number of sulfonamides is 1. The summed E-state index contributed by atoms with van der Waals surface area (Å²) in [4.78, 5) is 15.2. The van der Waals surface area contributed by atoms with E-state index in [1.54, 1.807) is 30.6 Å². The van der Waals surface area contributed by atoms with Gasteiger partial charge in [0, 0.05) is 6.54 Å². The van der Waals surface area contributed by atoms with Gasteiger partial charge in [-0.3, -0.25) is 0 Å². The van der Waals surface area contributed by atoms with Crippen molar-refractivity contribution in [3.05, 3.63) is 30.6 Å². The van der Waals surface area contributed by atoms with Crippen LogP contribution in [-0.2, 0) is 10.0 Å². The van der Waals surface area contributed by atoms with Gasteiger partial charge in [-0.1, -0.05) is 33.1 Å². The second-order valence-electron chi connectivity index (χ2n) is 8.73. The molecule has 32 heavy (non-hydrogen) atoms. The van der Waals surface area contributed by atoms with E-state index >= 15 is 0 Å². The molecule has 172 valence electrons. The molecule has 0 radical (unpaired) electrons. The highest BCUT2D eigenvalue weighted by molar-refractivity contribution is 7.89. The molecule has 0 unspecified atom stereocenters. The third kappa shape index (κ3) is 5.55. The van der Waals surface area contributed by atoms with E-state index in [9.17, 15) is 8.42 Å².